The van der Waals surface area contributed by atoms with E-state index in [1.165, 1.54) is 17.5 Å². The summed E-state index contributed by atoms with van der Waals surface area (Å²) in [5.41, 5.74) is 9.20. The zero-order valence-corrected chi connectivity index (χ0v) is 14.5. The molecule has 2 atom stereocenters. The minimum absolute atomic E-state index is 0.182. The molecule has 5 heteroatoms. The summed E-state index contributed by atoms with van der Waals surface area (Å²) in [4.78, 5) is 17.6. The molecule has 2 unspecified atom stereocenters. The molecule has 5 nitrogen and oxygen atoms in total. The molecular formula is C21H21N5. The molecule has 1 aromatic carbocycles. The Hall–Kier alpha value is -3.08. The standard InChI is InChI=1S/C21H21N5/c22-20-19-21(26-14-25-20)24-13-18(16-9-5-2-6-10-16)11-17(12-23-19)15-7-3-1-4-8-15/h1-3,5-7,9-10,12-14,17-18H,4,8,11H2,(H2,22,25,26)/b23-12-,24-13-. The molecule has 0 fully saturated rings. The minimum atomic E-state index is 0.182. The van der Waals surface area contributed by atoms with Crippen molar-refractivity contribution in [1.82, 2.24) is 9.97 Å². The maximum Gasteiger partial charge on any atom is 0.183 e. The fourth-order valence-electron chi connectivity index (χ4n) is 3.42. The number of nitrogens with zero attached hydrogens (tertiary/aromatic N) is 4. The second-order valence-electron chi connectivity index (χ2n) is 6.56. The van der Waals surface area contributed by atoms with Gasteiger partial charge in [0, 0.05) is 24.3 Å². The Kier molecular flexibility index (Phi) is 4.69. The summed E-state index contributed by atoms with van der Waals surface area (Å²) in [5.74, 6) is 1.29. The Balaban J connectivity index is 1.79. The van der Waals surface area contributed by atoms with Crippen molar-refractivity contribution in [3.8, 4) is 0 Å². The first-order valence-corrected chi connectivity index (χ1v) is 8.90. The maximum atomic E-state index is 6.02. The molecule has 2 aromatic rings. The second-order valence-corrected chi connectivity index (χ2v) is 6.56. The van der Waals surface area contributed by atoms with Crippen LogP contribution in [0.5, 0.6) is 0 Å². The Labute approximate surface area is 153 Å². The number of fused-ring (bicyclic) bond motifs is 1. The SMILES string of the molecule is Nc1ncnc2c1/N=C\C(C1=CC=CCC1)CC(c1ccccc1)/C=N\2. The van der Waals surface area contributed by atoms with Crippen LogP contribution in [-0.4, -0.2) is 22.4 Å². The molecule has 1 aliphatic heterocycles. The van der Waals surface area contributed by atoms with E-state index in [2.05, 4.69) is 62.4 Å². The van der Waals surface area contributed by atoms with E-state index in [0.29, 0.717) is 17.3 Å². The first-order valence-electron chi connectivity index (χ1n) is 8.90. The molecule has 0 saturated carbocycles. The van der Waals surface area contributed by atoms with E-state index in [-0.39, 0.29) is 11.8 Å². The summed E-state index contributed by atoms with van der Waals surface area (Å²) >= 11 is 0. The number of aliphatic imine (C=N–C) groups is 2. The van der Waals surface area contributed by atoms with Crippen LogP contribution in [0.2, 0.25) is 0 Å². The van der Waals surface area contributed by atoms with Crippen LogP contribution in [-0.2, 0) is 0 Å². The monoisotopic (exact) mass is 343 g/mol. The lowest BCUT2D eigenvalue weighted by Crippen LogP contribution is -2.13. The number of nitrogen functional groups attached to an aromatic ring is 1. The van der Waals surface area contributed by atoms with E-state index < -0.39 is 0 Å². The lowest BCUT2D eigenvalue weighted by Gasteiger charge is -2.21. The van der Waals surface area contributed by atoms with E-state index in [9.17, 15) is 0 Å². The lowest BCUT2D eigenvalue weighted by molar-refractivity contribution is 0.658. The van der Waals surface area contributed by atoms with Gasteiger partial charge in [0.1, 0.15) is 12.0 Å². The van der Waals surface area contributed by atoms with Gasteiger partial charge in [0.2, 0.25) is 0 Å². The van der Waals surface area contributed by atoms with Crippen molar-refractivity contribution >= 4 is 29.8 Å². The van der Waals surface area contributed by atoms with Crippen molar-refractivity contribution in [2.45, 2.75) is 25.2 Å². The molecule has 2 heterocycles. The summed E-state index contributed by atoms with van der Waals surface area (Å²) in [7, 11) is 0. The van der Waals surface area contributed by atoms with Crippen molar-refractivity contribution in [2.75, 3.05) is 5.73 Å². The van der Waals surface area contributed by atoms with Gasteiger partial charge < -0.3 is 5.73 Å². The molecule has 0 amide bonds. The van der Waals surface area contributed by atoms with Gasteiger partial charge in [0.25, 0.3) is 0 Å². The van der Waals surface area contributed by atoms with Crippen LogP contribution >= 0.6 is 0 Å². The molecule has 1 aliphatic carbocycles. The fourth-order valence-corrected chi connectivity index (χ4v) is 3.42. The van der Waals surface area contributed by atoms with Gasteiger partial charge in [0.05, 0.1) is 0 Å². The highest BCUT2D eigenvalue weighted by Crippen LogP contribution is 2.35. The predicted octanol–water partition coefficient (Wildman–Crippen LogP) is 4.54. The number of hydrogen-bond acceptors (Lipinski definition) is 5. The van der Waals surface area contributed by atoms with Crippen LogP contribution in [0, 0.1) is 5.92 Å². The molecule has 0 radical (unpaired) electrons. The average molecular weight is 343 g/mol. The molecule has 1 aromatic heterocycles. The summed E-state index contributed by atoms with van der Waals surface area (Å²) in [6.45, 7) is 0. The number of hydrogen-bond donors (Lipinski definition) is 1. The van der Waals surface area contributed by atoms with Gasteiger partial charge in [-0.15, -0.1) is 0 Å². The van der Waals surface area contributed by atoms with E-state index in [4.69, 9.17) is 5.73 Å². The van der Waals surface area contributed by atoms with Crippen LogP contribution in [0.3, 0.4) is 0 Å². The highest BCUT2D eigenvalue weighted by Gasteiger charge is 2.21. The molecule has 0 saturated heterocycles. The lowest BCUT2D eigenvalue weighted by atomic mass is 9.83. The first-order chi connectivity index (χ1) is 12.8. The third-order valence-electron chi connectivity index (χ3n) is 4.85. The predicted molar refractivity (Wildman–Crippen MR) is 106 cm³/mol. The van der Waals surface area contributed by atoms with Gasteiger partial charge >= 0.3 is 0 Å². The molecule has 0 bridgehead atoms. The Morgan fingerprint density at radius 3 is 2.62 bits per heavy atom. The zero-order valence-electron chi connectivity index (χ0n) is 14.5. The van der Waals surface area contributed by atoms with Gasteiger partial charge in [0.15, 0.2) is 11.6 Å². The smallest absolute Gasteiger partial charge is 0.183 e. The van der Waals surface area contributed by atoms with Crippen molar-refractivity contribution in [3.63, 3.8) is 0 Å². The number of rotatable bonds is 2. The minimum Gasteiger partial charge on any atom is -0.382 e. The Morgan fingerprint density at radius 2 is 1.81 bits per heavy atom. The van der Waals surface area contributed by atoms with Crippen LogP contribution in [0.4, 0.5) is 17.3 Å². The van der Waals surface area contributed by atoms with Gasteiger partial charge in [-0.2, -0.15) is 0 Å². The average Bonchev–Trinajstić information content (AvgIpc) is 2.79. The second kappa shape index (κ2) is 7.44. The van der Waals surface area contributed by atoms with Crippen molar-refractivity contribution in [2.24, 2.45) is 15.9 Å². The summed E-state index contributed by atoms with van der Waals surface area (Å²) < 4.78 is 0. The number of aromatic nitrogens is 2. The van der Waals surface area contributed by atoms with Crippen molar-refractivity contribution in [3.05, 3.63) is 66.0 Å². The molecule has 26 heavy (non-hydrogen) atoms. The number of anilines is 1. The fraction of sp³-hybridized carbons (Fsp3) is 0.238. The quantitative estimate of drug-likeness (QED) is 0.869. The first kappa shape index (κ1) is 16.4. The summed E-state index contributed by atoms with van der Waals surface area (Å²) in [6.07, 6.45) is 15.0. The van der Waals surface area contributed by atoms with E-state index in [1.807, 2.05) is 18.5 Å². The largest absolute Gasteiger partial charge is 0.382 e. The normalized spacial score (nSPS) is 24.5. The molecule has 2 aliphatic rings. The molecule has 4 rings (SSSR count). The highest BCUT2D eigenvalue weighted by molar-refractivity contribution is 5.83. The topological polar surface area (TPSA) is 76.5 Å². The Bertz CT molecular complexity index is 896. The van der Waals surface area contributed by atoms with Gasteiger partial charge in [-0.05, 0) is 24.8 Å². The molecule has 2 N–H and O–H groups in total. The summed E-state index contributed by atoms with van der Waals surface area (Å²) in [5, 5.41) is 0. The number of allylic oxidation sites excluding steroid dienone is 4. The molecule has 130 valence electrons. The van der Waals surface area contributed by atoms with E-state index in [1.54, 1.807) is 0 Å². The zero-order chi connectivity index (χ0) is 17.8. The van der Waals surface area contributed by atoms with Crippen LogP contribution in [0.25, 0.3) is 0 Å². The van der Waals surface area contributed by atoms with Crippen LogP contribution < -0.4 is 5.73 Å². The number of benzene rings is 1. The number of nitrogens with two attached hydrogens (primary N) is 1. The van der Waals surface area contributed by atoms with Crippen LogP contribution in [0.15, 0.2) is 70.4 Å². The van der Waals surface area contributed by atoms with E-state index in [0.717, 1.165) is 19.3 Å². The summed E-state index contributed by atoms with van der Waals surface area (Å²) in [6, 6.07) is 10.5. The third-order valence-corrected chi connectivity index (χ3v) is 4.85. The highest BCUT2D eigenvalue weighted by atomic mass is 15.0. The van der Waals surface area contributed by atoms with Gasteiger partial charge in [-0.3, -0.25) is 4.99 Å². The molecular weight excluding hydrogens is 322 g/mol. The van der Waals surface area contributed by atoms with E-state index >= 15 is 0 Å². The third kappa shape index (κ3) is 3.47. The van der Waals surface area contributed by atoms with Gasteiger partial charge in [-0.1, -0.05) is 54.1 Å². The Morgan fingerprint density at radius 1 is 0.962 bits per heavy atom. The van der Waals surface area contributed by atoms with Crippen LogP contribution in [0.1, 0.15) is 30.7 Å². The van der Waals surface area contributed by atoms with Gasteiger partial charge in [-0.25, -0.2) is 15.0 Å². The maximum absolute atomic E-state index is 6.02. The van der Waals surface area contributed by atoms with Crippen molar-refractivity contribution < 1.29 is 0 Å². The van der Waals surface area contributed by atoms with Crippen molar-refractivity contribution in [1.29, 1.82) is 0 Å². The molecule has 0 spiro atoms.